The number of hydrogen-bond acceptors (Lipinski definition) is 4. The second-order valence-corrected chi connectivity index (χ2v) is 4.39. The number of nitrogens with two attached hydrogens (primary N) is 1. The van der Waals surface area contributed by atoms with Crippen molar-refractivity contribution in [1.82, 2.24) is 9.97 Å². The van der Waals surface area contributed by atoms with Crippen molar-refractivity contribution >= 4 is 17.6 Å². The van der Waals surface area contributed by atoms with Gasteiger partial charge in [-0.15, -0.1) is 0 Å². The van der Waals surface area contributed by atoms with Gasteiger partial charge in [-0.05, 0) is 12.8 Å². The topological polar surface area (TPSA) is 64.2 Å². The largest absolute Gasteiger partial charge is 0.384 e. The average Bonchev–Trinajstić information content (AvgIpc) is 2.48. The molecular formula is C15H14N4. The summed E-state index contributed by atoms with van der Waals surface area (Å²) in [5, 5.41) is 0. The third-order valence-electron chi connectivity index (χ3n) is 2.98. The zero-order chi connectivity index (χ0) is 13.1. The Hall–Kier alpha value is -2.49. The fourth-order valence-electron chi connectivity index (χ4n) is 2.04. The van der Waals surface area contributed by atoms with E-state index >= 15 is 0 Å². The number of benzene rings is 1. The molecule has 2 aromatic rings. The summed E-state index contributed by atoms with van der Waals surface area (Å²) in [4.78, 5) is 13.1. The summed E-state index contributed by atoms with van der Waals surface area (Å²) in [6.45, 7) is 0. The fourth-order valence-corrected chi connectivity index (χ4v) is 2.04. The van der Waals surface area contributed by atoms with Gasteiger partial charge in [0.05, 0.1) is 5.69 Å². The third-order valence-corrected chi connectivity index (χ3v) is 2.98. The number of nitrogen functional groups attached to an aromatic ring is 1. The summed E-state index contributed by atoms with van der Waals surface area (Å²) >= 11 is 0. The maximum atomic E-state index is 5.89. The maximum absolute atomic E-state index is 5.89. The molecule has 94 valence electrons. The maximum Gasteiger partial charge on any atom is 0.159 e. The first kappa shape index (κ1) is 11.6. The predicted molar refractivity (Wildman–Crippen MR) is 77.6 cm³/mol. The molecule has 1 aromatic carbocycles. The Kier molecular flexibility index (Phi) is 3.06. The Morgan fingerprint density at radius 1 is 1.05 bits per heavy atom. The van der Waals surface area contributed by atoms with Crippen molar-refractivity contribution in [3.8, 4) is 11.3 Å². The number of nitrogens with zero attached hydrogens (tertiary/aromatic N) is 3. The van der Waals surface area contributed by atoms with E-state index in [2.05, 4.69) is 15.0 Å². The second-order valence-electron chi connectivity index (χ2n) is 4.39. The lowest BCUT2D eigenvalue weighted by Gasteiger charge is -2.09. The zero-order valence-electron chi connectivity index (χ0n) is 10.5. The van der Waals surface area contributed by atoms with E-state index in [1.807, 2.05) is 42.7 Å². The normalized spacial score (nSPS) is 14.2. The molecule has 1 aliphatic rings. The second kappa shape index (κ2) is 5.02. The Morgan fingerprint density at radius 3 is 2.63 bits per heavy atom. The Morgan fingerprint density at radius 2 is 1.89 bits per heavy atom. The summed E-state index contributed by atoms with van der Waals surface area (Å²) in [6, 6.07) is 11.8. The molecule has 0 atom stereocenters. The lowest BCUT2D eigenvalue weighted by molar-refractivity contribution is 1.03. The summed E-state index contributed by atoms with van der Waals surface area (Å²) in [6.07, 6.45) is 5.53. The van der Waals surface area contributed by atoms with Crippen LogP contribution in [0.3, 0.4) is 0 Å². The minimum absolute atomic E-state index is 0.485. The summed E-state index contributed by atoms with van der Waals surface area (Å²) < 4.78 is 0. The van der Waals surface area contributed by atoms with E-state index in [9.17, 15) is 0 Å². The number of aliphatic imine (C=N–C) groups is 1. The predicted octanol–water partition coefficient (Wildman–Crippen LogP) is 2.93. The van der Waals surface area contributed by atoms with Gasteiger partial charge in [-0.25, -0.2) is 9.97 Å². The van der Waals surface area contributed by atoms with Gasteiger partial charge in [0.25, 0.3) is 0 Å². The quantitative estimate of drug-likeness (QED) is 0.891. The van der Waals surface area contributed by atoms with Crippen molar-refractivity contribution in [2.75, 3.05) is 5.73 Å². The van der Waals surface area contributed by atoms with E-state index in [0.717, 1.165) is 29.7 Å². The smallest absolute Gasteiger partial charge is 0.159 e. The van der Waals surface area contributed by atoms with E-state index in [1.165, 1.54) is 0 Å². The molecule has 0 radical (unpaired) electrons. The van der Waals surface area contributed by atoms with Crippen molar-refractivity contribution in [3.05, 3.63) is 48.4 Å². The van der Waals surface area contributed by atoms with Gasteiger partial charge in [0, 0.05) is 29.6 Å². The monoisotopic (exact) mass is 250 g/mol. The molecule has 0 fully saturated rings. The number of aromatic nitrogens is 2. The van der Waals surface area contributed by atoms with Gasteiger partial charge in [-0.2, -0.15) is 0 Å². The number of hydrogen-bond donors (Lipinski definition) is 1. The van der Waals surface area contributed by atoms with Crippen LogP contribution in [0.4, 0.5) is 5.82 Å². The minimum Gasteiger partial charge on any atom is -0.384 e. The lowest BCUT2D eigenvalue weighted by atomic mass is 10.1. The van der Waals surface area contributed by atoms with Crippen LogP contribution in [-0.2, 0) is 0 Å². The van der Waals surface area contributed by atoms with Gasteiger partial charge >= 0.3 is 0 Å². The Labute approximate surface area is 111 Å². The first-order valence-electron chi connectivity index (χ1n) is 6.24. The molecule has 0 saturated heterocycles. The molecular weight excluding hydrogens is 236 g/mol. The summed E-state index contributed by atoms with van der Waals surface area (Å²) in [5.74, 6) is 1.16. The fraction of sp³-hybridized carbons (Fsp3) is 0.133. The van der Waals surface area contributed by atoms with Crippen LogP contribution in [0.1, 0.15) is 18.7 Å². The molecule has 2 heterocycles. The van der Waals surface area contributed by atoms with Crippen LogP contribution in [0.15, 0.2) is 47.6 Å². The highest BCUT2D eigenvalue weighted by Crippen LogP contribution is 2.24. The van der Waals surface area contributed by atoms with Crippen LogP contribution in [0.5, 0.6) is 0 Å². The van der Waals surface area contributed by atoms with Crippen LogP contribution < -0.4 is 5.73 Å². The molecule has 0 aliphatic carbocycles. The molecule has 0 unspecified atom stereocenters. The van der Waals surface area contributed by atoms with Crippen LogP contribution in [0, 0.1) is 0 Å². The highest BCUT2D eigenvalue weighted by atomic mass is 15.0. The molecule has 4 heteroatoms. The molecule has 19 heavy (non-hydrogen) atoms. The Bertz CT molecular complexity index is 644. The van der Waals surface area contributed by atoms with Crippen molar-refractivity contribution in [3.63, 3.8) is 0 Å². The van der Waals surface area contributed by atoms with E-state index in [-0.39, 0.29) is 0 Å². The van der Waals surface area contributed by atoms with Crippen LogP contribution in [0.25, 0.3) is 16.8 Å². The summed E-state index contributed by atoms with van der Waals surface area (Å²) in [5.41, 5.74) is 8.81. The van der Waals surface area contributed by atoms with Crippen LogP contribution in [0.2, 0.25) is 0 Å². The number of anilines is 1. The zero-order valence-corrected chi connectivity index (χ0v) is 10.5. The van der Waals surface area contributed by atoms with Crippen LogP contribution in [-0.4, -0.2) is 16.2 Å². The molecule has 3 rings (SSSR count). The lowest BCUT2D eigenvalue weighted by Crippen LogP contribution is -2.02. The molecule has 1 aliphatic heterocycles. The third kappa shape index (κ3) is 2.52. The molecule has 2 N–H and O–H groups in total. The molecule has 0 spiro atoms. The highest BCUT2D eigenvalue weighted by Gasteiger charge is 2.10. The van der Waals surface area contributed by atoms with Gasteiger partial charge in [0.15, 0.2) is 5.82 Å². The van der Waals surface area contributed by atoms with Crippen molar-refractivity contribution in [2.45, 2.75) is 12.8 Å². The minimum atomic E-state index is 0.485. The first-order valence-corrected chi connectivity index (χ1v) is 6.24. The van der Waals surface area contributed by atoms with E-state index in [0.29, 0.717) is 11.6 Å². The van der Waals surface area contributed by atoms with Gasteiger partial charge in [0.1, 0.15) is 5.82 Å². The molecule has 0 saturated carbocycles. The first-order chi connectivity index (χ1) is 9.33. The number of allylic oxidation sites excluding steroid dienone is 1. The summed E-state index contributed by atoms with van der Waals surface area (Å²) in [7, 11) is 0. The average molecular weight is 250 g/mol. The molecule has 0 bridgehead atoms. The highest BCUT2D eigenvalue weighted by molar-refractivity contribution is 5.73. The van der Waals surface area contributed by atoms with E-state index < -0.39 is 0 Å². The van der Waals surface area contributed by atoms with Crippen molar-refractivity contribution in [1.29, 1.82) is 0 Å². The van der Waals surface area contributed by atoms with E-state index in [4.69, 9.17) is 5.73 Å². The van der Waals surface area contributed by atoms with Gasteiger partial charge < -0.3 is 5.73 Å². The van der Waals surface area contributed by atoms with Gasteiger partial charge in [0.2, 0.25) is 0 Å². The molecule has 0 amide bonds. The van der Waals surface area contributed by atoms with Gasteiger partial charge in [-0.1, -0.05) is 30.3 Å². The Balaban J connectivity index is 2.06. The van der Waals surface area contributed by atoms with Gasteiger partial charge in [-0.3, -0.25) is 4.99 Å². The van der Waals surface area contributed by atoms with E-state index in [1.54, 1.807) is 6.07 Å². The van der Waals surface area contributed by atoms with Crippen molar-refractivity contribution < 1.29 is 0 Å². The van der Waals surface area contributed by atoms with Crippen LogP contribution >= 0.6 is 0 Å². The standard InChI is InChI=1S/C15H14N4/c16-14-9-13(11-5-2-1-3-6-11)18-15(19-14)12-7-4-8-17-10-12/h1-3,5-6,8-10H,4,7H2,(H2,16,18,19). The molecule has 1 aromatic heterocycles. The van der Waals surface area contributed by atoms with Crippen molar-refractivity contribution in [2.24, 2.45) is 4.99 Å². The number of rotatable bonds is 2. The molecule has 4 nitrogen and oxygen atoms in total. The SMILES string of the molecule is Nc1cc(-c2ccccc2)nc(C2=CN=CCC2)n1.